The molecule has 1 aromatic heterocycles. The van der Waals surface area contributed by atoms with E-state index in [4.69, 9.17) is 9.52 Å². The Balaban J connectivity index is 0.00000341. The number of nitrogens with zero attached hydrogens (tertiary/aromatic N) is 4. The normalized spacial score (nSPS) is 15.1. The van der Waals surface area contributed by atoms with Crippen LogP contribution in [0, 0.1) is 0 Å². The van der Waals surface area contributed by atoms with Gasteiger partial charge in [0.2, 0.25) is 5.89 Å². The van der Waals surface area contributed by atoms with Crippen molar-refractivity contribution in [2.45, 2.75) is 65.3 Å². The van der Waals surface area contributed by atoms with Crippen LogP contribution in [-0.2, 0) is 6.42 Å². The summed E-state index contributed by atoms with van der Waals surface area (Å²) in [4.78, 5) is 11.6. The molecule has 0 aliphatic carbocycles. The van der Waals surface area contributed by atoms with Crippen LogP contribution < -0.4 is 15.5 Å². The fraction of sp³-hybridized carbons (Fsp3) is 0.609. The highest BCUT2D eigenvalue weighted by molar-refractivity contribution is 14.0. The Kier molecular flexibility index (Phi) is 10.6. The van der Waals surface area contributed by atoms with Crippen LogP contribution in [0.1, 0.15) is 76.2 Å². The maximum atomic E-state index is 5.31. The van der Waals surface area contributed by atoms with E-state index < -0.39 is 0 Å². The second-order valence-corrected chi connectivity index (χ2v) is 8.22. The maximum Gasteiger partial charge on any atom is 0.226 e. The molecule has 2 heterocycles. The quantitative estimate of drug-likeness (QED) is 0.209. The van der Waals surface area contributed by atoms with Gasteiger partial charge in [-0.25, -0.2) is 0 Å². The first-order valence-electron chi connectivity index (χ1n) is 11.3. The van der Waals surface area contributed by atoms with Crippen molar-refractivity contribution in [2.75, 3.05) is 31.1 Å². The van der Waals surface area contributed by atoms with Crippen LogP contribution in [0.2, 0.25) is 0 Å². The molecule has 7 nitrogen and oxygen atoms in total. The standard InChI is InChI=1S/C23H36N6O.HI/c1-5-24-23(25-13-9-12-21-27-22(17(2)3)28-30-21)26-18(4)19-10-8-11-20(16-19)29-14-6-7-15-29;/h8,10-11,16-18H,5-7,9,12-15H2,1-4H3,(H2,24,25,26);1H. The summed E-state index contributed by atoms with van der Waals surface area (Å²) in [6.07, 6.45) is 4.19. The number of hydrogen-bond acceptors (Lipinski definition) is 5. The summed E-state index contributed by atoms with van der Waals surface area (Å²) in [5, 5.41) is 10.9. The lowest BCUT2D eigenvalue weighted by atomic mass is 10.1. The Morgan fingerprint density at radius 3 is 2.68 bits per heavy atom. The highest BCUT2D eigenvalue weighted by Crippen LogP contribution is 2.24. The lowest BCUT2D eigenvalue weighted by Gasteiger charge is -2.22. The van der Waals surface area contributed by atoms with Gasteiger partial charge in [-0.05, 0) is 50.8 Å². The third-order valence-corrected chi connectivity index (χ3v) is 5.36. The van der Waals surface area contributed by atoms with E-state index >= 15 is 0 Å². The molecular formula is C23H37IN6O. The zero-order valence-electron chi connectivity index (χ0n) is 19.2. The minimum atomic E-state index is 0. The number of anilines is 1. The molecule has 1 fully saturated rings. The highest BCUT2D eigenvalue weighted by Gasteiger charge is 2.14. The van der Waals surface area contributed by atoms with Gasteiger partial charge in [0.25, 0.3) is 0 Å². The van der Waals surface area contributed by atoms with Crippen molar-refractivity contribution in [3.8, 4) is 0 Å². The predicted octanol–water partition coefficient (Wildman–Crippen LogP) is 4.66. The van der Waals surface area contributed by atoms with Crippen molar-refractivity contribution in [2.24, 2.45) is 4.99 Å². The second kappa shape index (κ2) is 12.9. The van der Waals surface area contributed by atoms with E-state index in [-0.39, 0.29) is 35.9 Å². The van der Waals surface area contributed by atoms with Crippen molar-refractivity contribution >= 4 is 35.6 Å². The molecule has 0 amide bonds. The van der Waals surface area contributed by atoms with Crippen LogP contribution in [0.15, 0.2) is 33.8 Å². The SMILES string of the molecule is CCNC(=NCCCc1nc(C(C)C)no1)NC(C)c1cccc(N2CCCC2)c1.I. The van der Waals surface area contributed by atoms with E-state index in [0.717, 1.165) is 44.3 Å². The van der Waals surface area contributed by atoms with E-state index in [1.165, 1.54) is 24.1 Å². The van der Waals surface area contributed by atoms with Crippen LogP contribution in [0.25, 0.3) is 0 Å². The van der Waals surface area contributed by atoms with Gasteiger partial charge in [-0.3, -0.25) is 4.99 Å². The second-order valence-electron chi connectivity index (χ2n) is 8.22. The van der Waals surface area contributed by atoms with Crippen LogP contribution in [0.4, 0.5) is 5.69 Å². The molecule has 0 radical (unpaired) electrons. The zero-order chi connectivity index (χ0) is 21.3. The molecule has 0 bridgehead atoms. The summed E-state index contributed by atoms with van der Waals surface area (Å²) in [6.45, 7) is 12.2. The maximum absolute atomic E-state index is 5.31. The number of nitrogens with one attached hydrogen (secondary N) is 2. The molecule has 172 valence electrons. The number of rotatable bonds is 9. The van der Waals surface area contributed by atoms with Gasteiger partial charge in [-0.2, -0.15) is 4.98 Å². The van der Waals surface area contributed by atoms with Gasteiger partial charge in [0, 0.05) is 44.2 Å². The lowest BCUT2D eigenvalue weighted by molar-refractivity contribution is 0.369. The van der Waals surface area contributed by atoms with Gasteiger partial charge in [-0.1, -0.05) is 31.1 Å². The first-order valence-corrected chi connectivity index (χ1v) is 11.3. The Labute approximate surface area is 203 Å². The molecule has 2 N–H and O–H groups in total. The van der Waals surface area contributed by atoms with Crippen molar-refractivity contribution in [3.05, 3.63) is 41.5 Å². The van der Waals surface area contributed by atoms with Gasteiger partial charge >= 0.3 is 0 Å². The van der Waals surface area contributed by atoms with E-state index in [9.17, 15) is 0 Å². The molecule has 1 aliphatic rings. The van der Waals surface area contributed by atoms with Gasteiger partial charge in [0.1, 0.15) is 0 Å². The van der Waals surface area contributed by atoms with E-state index in [2.05, 4.69) is 77.6 Å². The van der Waals surface area contributed by atoms with Crippen LogP contribution >= 0.6 is 24.0 Å². The Morgan fingerprint density at radius 2 is 2.00 bits per heavy atom. The predicted molar refractivity (Wildman–Crippen MR) is 138 cm³/mol. The Hall–Kier alpha value is -1.84. The first kappa shape index (κ1) is 25.4. The fourth-order valence-electron chi connectivity index (χ4n) is 3.60. The van der Waals surface area contributed by atoms with Crippen molar-refractivity contribution in [1.82, 2.24) is 20.8 Å². The van der Waals surface area contributed by atoms with E-state index in [0.29, 0.717) is 12.4 Å². The van der Waals surface area contributed by atoms with Crippen LogP contribution in [0.3, 0.4) is 0 Å². The fourth-order valence-corrected chi connectivity index (χ4v) is 3.60. The summed E-state index contributed by atoms with van der Waals surface area (Å²) in [5.41, 5.74) is 2.60. The number of hydrogen-bond donors (Lipinski definition) is 2. The third-order valence-electron chi connectivity index (χ3n) is 5.36. The Bertz CT molecular complexity index is 816. The summed E-state index contributed by atoms with van der Waals surface area (Å²) in [5.74, 6) is 2.59. The largest absolute Gasteiger partial charge is 0.372 e. The smallest absolute Gasteiger partial charge is 0.226 e. The number of halogens is 1. The van der Waals surface area contributed by atoms with Gasteiger partial charge in [0.05, 0.1) is 6.04 Å². The first-order chi connectivity index (χ1) is 14.6. The third kappa shape index (κ3) is 7.66. The lowest BCUT2D eigenvalue weighted by Crippen LogP contribution is -2.38. The summed E-state index contributed by atoms with van der Waals surface area (Å²) in [7, 11) is 0. The van der Waals surface area contributed by atoms with Gasteiger partial charge in [0.15, 0.2) is 11.8 Å². The molecular weight excluding hydrogens is 503 g/mol. The minimum absolute atomic E-state index is 0. The number of benzene rings is 1. The monoisotopic (exact) mass is 540 g/mol. The number of aryl methyl sites for hydroxylation is 1. The van der Waals surface area contributed by atoms with E-state index in [1.54, 1.807) is 0 Å². The van der Waals surface area contributed by atoms with Gasteiger partial charge < -0.3 is 20.1 Å². The summed E-state index contributed by atoms with van der Waals surface area (Å²) < 4.78 is 5.31. The minimum Gasteiger partial charge on any atom is -0.372 e. The average molecular weight is 540 g/mol. The van der Waals surface area contributed by atoms with Crippen molar-refractivity contribution in [1.29, 1.82) is 0 Å². The number of aliphatic imine (C=N–C) groups is 1. The van der Waals surface area contributed by atoms with E-state index in [1.807, 2.05) is 0 Å². The van der Waals surface area contributed by atoms with Crippen molar-refractivity contribution < 1.29 is 4.52 Å². The molecule has 1 aliphatic heterocycles. The molecule has 0 saturated carbocycles. The molecule has 0 spiro atoms. The molecule has 8 heteroatoms. The number of guanidine groups is 1. The molecule has 1 atom stereocenters. The molecule has 1 saturated heterocycles. The van der Waals surface area contributed by atoms with Gasteiger partial charge in [-0.15, -0.1) is 24.0 Å². The van der Waals surface area contributed by atoms with Crippen LogP contribution in [0.5, 0.6) is 0 Å². The number of aromatic nitrogens is 2. The molecule has 31 heavy (non-hydrogen) atoms. The van der Waals surface area contributed by atoms with Crippen molar-refractivity contribution in [3.63, 3.8) is 0 Å². The molecule has 2 aromatic rings. The topological polar surface area (TPSA) is 78.6 Å². The average Bonchev–Trinajstić information content (AvgIpc) is 3.43. The molecule has 3 rings (SSSR count). The van der Waals surface area contributed by atoms with Crippen LogP contribution in [-0.4, -0.2) is 42.3 Å². The molecule has 1 aromatic carbocycles. The highest BCUT2D eigenvalue weighted by atomic mass is 127. The zero-order valence-corrected chi connectivity index (χ0v) is 21.6. The summed E-state index contributed by atoms with van der Waals surface area (Å²) in [6, 6.07) is 9.02. The molecule has 1 unspecified atom stereocenters. The summed E-state index contributed by atoms with van der Waals surface area (Å²) >= 11 is 0. The Morgan fingerprint density at radius 1 is 1.23 bits per heavy atom.